The van der Waals surface area contributed by atoms with Crippen molar-refractivity contribution in [1.82, 2.24) is 4.98 Å². The van der Waals surface area contributed by atoms with Crippen molar-refractivity contribution < 1.29 is 19.1 Å². The maximum absolute atomic E-state index is 15.0. The molecule has 5 aromatic rings. The van der Waals surface area contributed by atoms with Gasteiger partial charge in [0.1, 0.15) is 17.2 Å². The van der Waals surface area contributed by atoms with Crippen LogP contribution in [0.4, 0.5) is 5.69 Å². The second kappa shape index (κ2) is 9.85. The average Bonchev–Trinajstić information content (AvgIpc) is 3.50. The number of nitrogens with zero attached hydrogens (tertiary/aromatic N) is 2. The van der Waals surface area contributed by atoms with Gasteiger partial charge in [-0.3, -0.25) is 19.4 Å². The number of fused-ring (bicyclic) bond motifs is 7. The summed E-state index contributed by atoms with van der Waals surface area (Å²) in [5.74, 6) is -1.01. The van der Waals surface area contributed by atoms with Gasteiger partial charge in [0.2, 0.25) is 0 Å². The van der Waals surface area contributed by atoms with E-state index in [4.69, 9.17) is 9.72 Å². The van der Waals surface area contributed by atoms with Gasteiger partial charge in [-0.1, -0.05) is 103 Å². The summed E-state index contributed by atoms with van der Waals surface area (Å²) in [5.41, 5.74) is 2.67. The Morgan fingerprint density at radius 3 is 2.30 bits per heavy atom. The predicted molar refractivity (Wildman–Crippen MR) is 169 cm³/mol. The summed E-state index contributed by atoms with van der Waals surface area (Å²) in [4.78, 5) is 51.7. The van der Waals surface area contributed by atoms with E-state index in [2.05, 4.69) is 0 Å². The van der Waals surface area contributed by atoms with Crippen LogP contribution in [0.2, 0.25) is 0 Å². The Morgan fingerprint density at radius 2 is 1.55 bits per heavy atom. The summed E-state index contributed by atoms with van der Waals surface area (Å²) in [5, 5.41) is 0.908. The van der Waals surface area contributed by atoms with E-state index in [0.29, 0.717) is 34.6 Å². The number of Topliss-reactive ketones (excluding diaryl/α,β-unsaturated/α-hetero) is 3. The van der Waals surface area contributed by atoms with Gasteiger partial charge in [-0.25, -0.2) is 0 Å². The van der Waals surface area contributed by atoms with E-state index in [1.54, 1.807) is 42.6 Å². The Hall–Kier alpha value is -5.36. The number of para-hydroxylation sites is 1. The Morgan fingerprint density at radius 1 is 0.841 bits per heavy atom. The van der Waals surface area contributed by atoms with Crippen LogP contribution in [0.5, 0.6) is 5.75 Å². The maximum Gasteiger partial charge on any atom is 0.185 e. The number of carbonyl (C=O) groups excluding carboxylic acids is 3. The topological polar surface area (TPSA) is 76.6 Å². The third-order valence-corrected chi connectivity index (χ3v) is 9.42. The largest absolute Gasteiger partial charge is 0.494 e. The second-order valence-electron chi connectivity index (χ2n) is 11.5. The maximum atomic E-state index is 15.0. The molecular formula is C38H28N2O4. The minimum atomic E-state index is -1.61. The molecule has 8 rings (SSSR count). The molecule has 44 heavy (non-hydrogen) atoms. The molecule has 214 valence electrons. The first kappa shape index (κ1) is 26.3. The number of aromatic nitrogens is 1. The molecule has 0 unspecified atom stereocenters. The molecular weight excluding hydrogens is 548 g/mol. The molecule has 3 aliphatic rings. The van der Waals surface area contributed by atoms with Crippen molar-refractivity contribution in [2.24, 2.45) is 5.41 Å². The molecule has 6 nitrogen and oxygen atoms in total. The zero-order valence-corrected chi connectivity index (χ0v) is 24.0. The number of rotatable bonds is 5. The van der Waals surface area contributed by atoms with Gasteiger partial charge in [0.05, 0.1) is 23.9 Å². The van der Waals surface area contributed by atoms with E-state index in [1.807, 2.05) is 90.7 Å². The highest BCUT2D eigenvalue weighted by Gasteiger charge is 2.72. The SMILES string of the molecule is CCOc1ccccc1[C@@H]1[C@@H](C(=O)c2ccccc2)N2c3c(ccc4cccnc34)C=C[C@H]2C12C(=O)c1ccccc1C2=O. The van der Waals surface area contributed by atoms with Gasteiger partial charge in [-0.2, -0.15) is 0 Å². The highest BCUT2D eigenvalue weighted by Crippen LogP contribution is 2.62. The Balaban J connectivity index is 1.50. The molecule has 0 radical (unpaired) electrons. The molecule has 6 heteroatoms. The number of carbonyl (C=O) groups is 3. The molecule has 0 amide bonds. The quantitative estimate of drug-likeness (QED) is 0.167. The van der Waals surface area contributed by atoms with Crippen molar-refractivity contribution in [1.29, 1.82) is 0 Å². The lowest BCUT2D eigenvalue weighted by Crippen LogP contribution is -2.48. The zero-order chi connectivity index (χ0) is 30.0. The minimum Gasteiger partial charge on any atom is -0.494 e. The van der Waals surface area contributed by atoms with Crippen LogP contribution in [-0.4, -0.2) is 41.0 Å². The molecule has 4 aromatic carbocycles. The Bertz CT molecular complexity index is 2000. The van der Waals surface area contributed by atoms with Crippen molar-refractivity contribution in [3.05, 3.63) is 143 Å². The van der Waals surface area contributed by atoms with Crippen LogP contribution in [0, 0.1) is 5.41 Å². The lowest BCUT2D eigenvalue weighted by molar-refractivity contribution is 0.0664. The van der Waals surface area contributed by atoms with Crippen molar-refractivity contribution in [3.8, 4) is 5.75 Å². The van der Waals surface area contributed by atoms with Crippen molar-refractivity contribution >= 4 is 40.0 Å². The number of anilines is 1. The first-order valence-corrected chi connectivity index (χ1v) is 14.9. The standard InChI is InChI=1S/C38H28N2O4/c1-2-44-29-17-9-8-16-28(29)31-34(35(41)25-11-4-3-5-12-25)40-30(38(31)36(42)26-14-6-7-15-27(26)37(38)43)21-20-24-19-18-23-13-10-22-39-32(23)33(24)40/h3-22,30-31,34H,2H2,1H3/t30-,31+,34-/m0/s1. The highest BCUT2D eigenvalue weighted by atomic mass is 16.5. The van der Waals surface area contributed by atoms with Gasteiger partial charge in [-0.15, -0.1) is 0 Å². The average molecular weight is 577 g/mol. The first-order valence-electron chi connectivity index (χ1n) is 14.9. The van der Waals surface area contributed by atoms with Crippen LogP contribution in [0.15, 0.2) is 115 Å². The van der Waals surface area contributed by atoms with Gasteiger partial charge in [0, 0.05) is 39.8 Å². The van der Waals surface area contributed by atoms with E-state index >= 15 is 0 Å². The molecule has 0 bridgehead atoms. The van der Waals surface area contributed by atoms with Crippen molar-refractivity contribution in [3.63, 3.8) is 0 Å². The van der Waals surface area contributed by atoms with E-state index in [1.165, 1.54) is 0 Å². The minimum absolute atomic E-state index is 0.172. The van der Waals surface area contributed by atoms with E-state index in [9.17, 15) is 14.4 Å². The molecule has 2 aliphatic heterocycles. The number of ketones is 3. The Kier molecular flexibility index (Phi) is 5.88. The number of benzene rings is 4. The van der Waals surface area contributed by atoms with E-state index in [-0.39, 0.29) is 17.3 Å². The van der Waals surface area contributed by atoms with Crippen LogP contribution >= 0.6 is 0 Å². The highest BCUT2D eigenvalue weighted by molar-refractivity contribution is 6.32. The lowest BCUT2D eigenvalue weighted by Gasteiger charge is -2.37. The van der Waals surface area contributed by atoms with E-state index < -0.39 is 23.4 Å². The third-order valence-electron chi connectivity index (χ3n) is 9.42. The zero-order valence-electron chi connectivity index (χ0n) is 24.0. The molecule has 0 N–H and O–H groups in total. The molecule has 1 aromatic heterocycles. The van der Waals surface area contributed by atoms with Gasteiger partial charge in [0.25, 0.3) is 0 Å². The van der Waals surface area contributed by atoms with Gasteiger partial charge < -0.3 is 9.64 Å². The normalized spacial score (nSPS) is 20.9. The fraction of sp³-hybridized carbons (Fsp3) is 0.158. The number of pyridine rings is 1. The van der Waals surface area contributed by atoms with E-state index in [0.717, 1.165) is 22.2 Å². The predicted octanol–water partition coefficient (Wildman–Crippen LogP) is 6.95. The van der Waals surface area contributed by atoms with Gasteiger partial charge in [0.15, 0.2) is 17.3 Å². The monoisotopic (exact) mass is 576 g/mol. The fourth-order valence-corrected chi connectivity index (χ4v) is 7.72. The molecule has 1 fully saturated rings. The number of hydrogen-bond acceptors (Lipinski definition) is 6. The smallest absolute Gasteiger partial charge is 0.185 e. The molecule has 3 atom stereocenters. The van der Waals surface area contributed by atoms with Crippen LogP contribution in [0.3, 0.4) is 0 Å². The third kappa shape index (κ3) is 3.42. The lowest BCUT2D eigenvalue weighted by atomic mass is 9.64. The summed E-state index contributed by atoms with van der Waals surface area (Å²) in [6, 6.07) is 29.9. The summed E-state index contributed by atoms with van der Waals surface area (Å²) in [6.07, 6.45) is 5.64. The van der Waals surface area contributed by atoms with Crippen LogP contribution < -0.4 is 9.64 Å². The fourth-order valence-electron chi connectivity index (χ4n) is 7.72. The molecule has 1 saturated heterocycles. The summed E-state index contributed by atoms with van der Waals surface area (Å²) < 4.78 is 6.14. The molecule has 1 spiro atoms. The summed E-state index contributed by atoms with van der Waals surface area (Å²) in [7, 11) is 0. The van der Waals surface area contributed by atoms with Crippen molar-refractivity contribution in [2.75, 3.05) is 11.5 Å². The molecule has 1 aliphatic carbocycles. The second-order valence-corrected chi connectivity index (χ2v) is 11.5. The first-order chi connectivity index (χ1) is 21.6. The number of hydrogen-bond donors (Lipinski definition) is 0. The number of ether oxygens (including phenoxy) is 1. The molecule has 0 saturated carbocycles. The van der Waals surface area contributed by atoms with Crippen molar-refractivity contribution in [2.45, 2.75) is 24.9 Å². The van der Waals surface area contributed by atoms with Crippen LogP contribution in [0.25, 0.3) is 17.0 Å². The Labute approximate surface area is 254 Å². The molecule has 3 heterocycles. The summed E-state index contributed by atoms with van der Waals surface area (Å²) in [6.45, 7) is 2.29. The summed E-state index contributed by atoms with van der Waals surface area (Å²) >= 11 is 0. The van der Waals surface area contributed by atoms with Gasteiger partial charge >= 0.3 is 0 Å². The van der Waals surface area contributed by atoms with Crippen LogP contribution in [0.1, 0.15) is 55.0 Å². The van der Waals surface area contributed by atoms with Crippen LogP contribution in [-0.2, 0) is 0 Å². The van der Waals surface area contributed by atoms with Gasteiger partial charge in [-0.05, 0) is 24.6 Å².